The lowest BCUT2D eigenvalue weighted by Crippen LogP contribution is -1.93. The number of nitrogen functional groups attached to an aromatic ring is 1. The predicted octanol–water partition coefficient (Wildman–Crippen LogP) is 3.57. The maximum atomic E-state index is 8.73. The van der Waals surface area contributed by atoms with Crippen molar-refractivity contribution in [2.75, 3.05) is 5.73 Å². The molecule has 0 fully saturated rings. The fraction of sp³-hybridized carbons (Fsp3) is 0. The summed E-state index contributed by atoms with van der Waals surface area (Å²) in [6, 6.07) is 7.09. The number of halogens is 2. The number of anilines is 1. The highest BCUT2D eigenvalue weighted by Gasteiger charge is 2.11. The molecule has 0 bridgehead atoms. The van der Waals surface area contributed by atoms with Gasteiger partial charge in [0.1, 0.15) is 22.5 Å². The summed E-state index contributed by atoms with van der Waals surface area (Å²) in [5, 5.41) is 9.47. The van der Waals surface area contributed by atoms with Crippen molar-refractivity contribution in [2.45, 2.75) is 0 Å². The molecule has 6 heteroatoms. The molecule has 16 heavy (non-hydrogen) atoms. The second-order valence-electron chi connectivity index (χ2n) is 2.96. The number of hydrogen-bond acceptors (Lipinski definition) is 4. The Balaban J connectivity index is 2.56. The molecule has 2 rings (SSSR count). The fourth-order valence-corrected chi connectivity index (χ4v) is 2.50. The van der Waals surface area contributed by atoms with Gasteiger partial charge in [0.15, 0.2) is 0 Å². The first kappa shape index (κ1) is 11.2. The van der Waals surface area contributed by atoms with Crippen molar-refractivity contribution in [2.24, 2.45) is 0 Å². The maximum absolute atomic E-state index is 8.73. The number of hydrogen-bond donors (Lipinski definition) is 1. The molecule has 80 valence electrons. The Morgan fingerprint density at radius 1 is 1.31 bits per heavy atom. The Labute approximate surface area is 106 Å². The van der Waals surface area contributed by atoms with Crippen LogP contribution in [-0.4, -0.2) is 4.98 Å². The minimum atomic E-state index is 0.230. The minimum Gasteiger partial charge on any atom is -0.382 e. The zero-order valence-corrected chi connectivity index (χ0v) is 10.2. The van der Waals surface area contributed by atoms with E-state index in [1.807, 2.05) is 0 Å². The van der Waals surface area contributed by atoms with E-state index in [1.54, 1.807) is 18.2 Å². The van der Waals surface area contributed by atoms with Crippen molar-refractivity contribution < 1.29 is 0 Å². The van der Waals surface area contributed by atoms with E-state index >= 15 is 0 Å². The first-order chi connectivity index (χ1) is 7.61. The number of pyridine rings is 1. The number of thiophene rings is 1. The van der Waals surface area contributed by atoms with Gasteiger partial charge in [-0.05, 0) is 18.2 Å². The summed E-state index contributed by atoms with van der Waals surface area (Å²) < 4.78 is 0. The summed E-state index contributed by atoms with van der Waals surface area (Å²) in [6.07, 6.45) is 0. The Kier molecular flexibility index (Phi) is 3.01. The van der Waals surface area contributed by atoms with Crippen LogP contribution in [0.15, 0.2) is 18.2 Å². The lowest BCUT2D eigenvalue weighted by atomic mass is 10.3. The summed E-state index contributed by atoms with van der Waals surface area (Å²) in [5.74, 6) is 0.230. The molecule has 0 unspecified atom stereocenters. The first-order valence-electron chi connectivity index (χ1n) is 4.23. The van der Waals surface area contributed by atoms with Crippen LogP contribution >= 0.6 is 34.5 Å². The maximum Gasteiger partial charge on any atom is 0.143 e. The van der Waals surface area contributed by atoms with Crippen molar-refractivity contribution in [3.63, 3.8) is 0 Å². The smallest absolute Gasteiger partial charge is 0.143 e. The zero-order valence-electron chi connectivity index (χ0n) is 7.87. The van der Waals surface area contributed by atoms with Crippen molar-refractivity contribution in [3.05, 3.63) is 33.1 Å². The fourth-order valence-electron chi connectivity index (χ4n) is 1.18. The minimum absolute atomic E-state index is 0.230. The third-order valence-corrected chi connectivity index (χ3v) is 3.49. The topological polar surface area (TPSA) is 62.7 Å². The van der Waals surface area contributed by atoms with Crippen LogP contribution in [-0.2, 0) is 0 Å². The van der Waals surface area contributed by atoms with Crippen LogP contribution in [0, 0.1) is 11.3 Å². The molecule has 0 saturated carbocycles. The number of nitriles is 1. The van der Waals surface area contributed by atoms with Crippen LogP contribution in [0.25, 0.3) is 10.6 Å². The van der Waals surface area contributed by atoms with Gasteiger partial charge in [-0.15, -0.1) is 11.3 Å². The van der Waals surface area contributed by atoms with Crippen LogP contribution < -0.4 is 5.73 Å². The van der Waals surface area contributed by atoms with Gasteiger partial charge in [0.05, 0.1) is 14.9 Å². The molecule has 2 heterocycles. The summed E-state index contributed by atoms with van der Waals surface area (Å²) in [7, 11) is 0. The third-order valence-electron chi connectivity index (χ3n) is 1.91. The standard InChI is InChI=1S/C10H5Cl2N3S/c11-6-3-7(12)10(14)15-9(6)8-2-1-5(4-13)16-8/h1-3H,(H2,14,15). The van der Waals surface area contributed by atoms with E-state index in [2.05, 4.69) is 11.1 Å². The third kappa shape index (κ3) is 1.98. The van der Waals surface area contributed by atoms with Gasteiger partial charge < -0.3 is 5.73 Å². The van der Waals surface area contributed by atoms with Crippen molar-refractivity contribution in [3.8, 4) is 16.6 Å². The highest BCUT2D eigenvalue weighted by atomic mass is 35.5. The highest BCUT2D eigenvalue weighted by Crippen LogP contribution is 2.34. The molecule has 0 aliphatic carbocycles. The van der Waals surface area contributed by atoms with Crippen molar-refractivity contribution >= 4 is 40.4 Å². The summed E-state index contributed by atoms with van der Waals surface area (Å²) in [6.45, 7) is 0. The average Bonchev–Trinajstić information content (AvgIpc) is 2.71. The van der Waals surface area contributed by atoms with Crippen molar-refractivity contribution in [1.82, 2.24) is 4.98 Å². The zero-order chi connectivity index (χ0) is 11.7. The van der Waals surface area contributed by atoms with Crippen LogP contribution in [0.4, 0.5) is 5.82 Å². The predicted molar refractivity (Wildman–Crippen MR) is 66.7 cm³/mol. The highest BCUT2D eigenvalue weighted by molar-refractivity contribution is 7.16. The van der Waals surface area contributed by atoms with E-state index in [1.165, 1.54) is 11.3 Å². The number of rotatable bonds is 1. The Morgan fingerprint density at radius 3 is 2.69 bits per heavy atom. The van der Waals surface area contributed by atoms with Gasteiger partial charge in [0.2, 0.25) is 0 Å². The molecule has 3 nitrogen and oxygen atoms in total. The summed E-state index contributed by atoms with van der Waals surface area (Å²) in [5.41, 5.74) is 6.16. The van der Waals surface area contributed by atoms with Gasteiger partial charge in [-0.1, -0.05) is 23.2 Å². The van der Waals surface area contributed by atoms with Crippen molar-refractivity contribution in [1.29, 1.82) is 5.26 Å². The lowest BCUT2D eigenvalue weighted by molar-refractivity contribution is 1.35. The number of aromatic nitrogens is 1. The first-order valence-corrected chi connectivity index (χ1v) is 5.81. The second-order valence-corrected chi connectivity index (χ2v) is 4.86. The summed E-state index contributed by atoms with van der Waals surface area (Å²) >= 11 is 13.1. The molecule has 0 spiro atoms. The second kappa shape index (κ2) is 4.30. The number of nitrogens with two attached hydrogens (primary N) is 1. The Hall–Kier alpha value is -1.28. The van der Waals surface area contributed by atoms with Gasteiger partial charge >= 0.3 is 0 Å². The van der Waals surface area contributed by atoms with Crippen LogP contribution in [0.1, 0.15) is 4.88 Å². The van der Waals surface area contributed by atoms with Crippen LogP contribution in [0.3, 0.4) is 0 Å². The number of nitrogens with zero attached hydrogens (tertiary/aromatic N) is 2. The molecule has 0 aromatic carbocycles. The Bertz CT molecular complexity index is 586. The van der Waals surface area contributed by atoms with Gasteiger partial charge in [-0.2, -0.15) is 5.26 Å². The Morgan fingerprint density at radius 2 is 2.06 bits per heavy atom. The molecule has 0 aliphatic heterocycles. The normalized spacial score (nSPS) is 10.1. The van der Waals surface area contributed by atoms with Gasteiger partial charge in [-0.25, -0.2) is 4.98 Å². The van der Waals surface area contributed by atoms with Crippen LogP contribution in [0.2, 0.25) is 10.0 Å². The summed E-state index contributed by atoms with van der Waals surface area (Å²) in [4.78, 5) is 5.50. The van der Waals surface area contributed by atoms with E-state index < -0.39 is 0 Å². The average molecular weight is 270 g/mol. The molecular formula is C10H5Cl2N3S. The lowest BCUT2D eigenvalue weighted by Gasteiger charge is -2.03. The molecule has 0 aliphatic rings. The van der Waals surface area contributed by atoms with Gasteiger partial charge in [0, 0.05) is 0 Å². The van der Waals surface area contributed by atoms with E-state index in [0.29, 0.717) is 20.6 Å². The SMILES string of the molecule is N#Cc1ccc(-c2nc(N)c(Cl)cc2Cl)s1. The van der Waals surface area contributed by atoms with Gasteiger partial charge in [-0.3, -0.25) is 0 Å². The largest absolute Gasteiger partial charge is 0.382 e. The molecule has 0 atom stereocenters. The molecule has 0 radical (unpaired) electrons. The van der Waals surface area contributed by atoms with E-state index in [9.17, 15) is 0 Å². The molecule has 2 aromatic rings. The molecule has 2 aromatic heterocycles. The van der Waals surface area contributed by atoms with E-state index in [-0.39, 0.29) is 5.82 Å². The monoisotopic (exact) mass is 269 g/mol. The quantitative estimate of drug-likeness (QED) is 0.861. The van der Waals surface area contributed by atoms with E-state index in [4.69, 9.17) is 34.2 Å². The molecule has 2 N–H and O–H groups in total. The molecule has 0 amide bonds. The van der Waals surface area contributed by atoms with Gasteiger partial charge in [0.25, 0.3) is 0 Å². The molecule has 0 saturated heterocycles. The van der Waals surface area contributed by atoms with Crippen LogP contribution in [0.5, 0.6) is 0 Å². The van der Waals surface area contributed by atoms with E-state index in [0.717, 1.165) is 4.88 Å². The molecular weight excluding hydrogens is 265 g/mol.